The van der Waals surface area contributed by atoms with E-state index in [1.807, 2.05) is 0 Å². The number of hydrogen-bond acceptors (Lipinski definition) is 2. The summed E-state index contributed by atoms with van der Waals surface area (Å²) in [4.78, 5) is 2.77. The van der Waals surface area contributed by atoms with E-state index in [2.05, 4.69) is 34.5 Å². The third-order valence-electron chi connectivity index (χ3n) is 5.15. The molecule has 1 N–H and O–H groups in total. The predicted molar refractivity (Wildman–Crippen MR) is 87.3 cm³/mol. The fourth-order valence-corrected chi connectivity index (χ4v) is 3.29. The molecule has 3 aliphatic rings. The Morgan fingerprint density at radius 2 is 1.71 bits per heavy atom. The van der Waals surface area contributed by atoms with Crippen LogP contribution in [-0.4, -0.2) is 30.1 Å². The number of rotatable bonds is 9. The second kappa shape index (κ2) is 6.10. The molecule has 0 aromatic heterocycles. The van der Waals surface area contributed by atoms with Crippen LogP contribution in [0.25, 0.3) is 0 Å². The van der Waals surface area contributed by atoms with E-state index in [0.29, 0.717) is 0 Å². The third kappa shape index (κ3) is 4.08. The van der Waals surface area contributed by atoms with Gasteiger partial charge in [0, 0.05) is 25.2 Å². The van der Waals surface area contributed by atoms with Crippen LogP contribution in [0, 0.1) is 5.92 Å². The van der Waals surface area contributed by atoms with Gasteiger partial charge < -0.3 is 5.32 Å². The van der Waals surface area contributed by atoms with Crippen molar-refractivity contribution in [1.82, 2.24) is 10.2 Å². The van der Waals surface area contributed by atoms with Gasteiger partial charge in [-0.3, -0.25) is 4.90 Å². The lowest BCUT2D eigenvalue weighted by atomic mass is 10.0. The van der Waals surface area contributed by atoms with Crippen LogP contribution in [0.2, 0.25) is 0 Å². The Morgan fingerprint density at radius 1 is 0.952 bits per heavy atom. The minimum Gasteiger partial charge on any atom is -0.314 e. The van der Waals surface area contributed by atoms with Crippen molar-refractivity contribution in [2.45, 2.75) is 63.6 Å². The van der Waals surface area contributed by atoms with Gasteiger partial charge in [0.2, 0.25) is 0 Å². The van der Waals surface area contributed by atoms with E-state index in [9.17, 15) is 0 Å². The maximum absolute atomic E-state index is 3.65. The SMILES string of the molecule is c1ccc(CN(CC2CC2)C2CC2)c(CCNC2CC2)c1. The molecule has 0 bridgehead atoms. The third-order valence-corrected chi connectivity index (χ3v) is 5.15. The van der Waals surface area contributed by atoms with Crippen molar-refractivity contribution in [2.24, 2.45) is 5.92 Å². The summed E-state index contributed by atoms with van der Waals surface area (Å²) in [5.74, 6) is 1.01. The molecular formula is C19H28N2. The molecule has 1 aromatic carbocycles. The van der Waals surface area contributed by atoms with Crippen LogP contribution in [0.4, 0.5) is 0 Å². The molecule has 0 atom stereocenters. The highest BCUT2D eigenvalue weighted by molar-refractivity contribution is 5.27. The van der Waals surface area contributed by atoms with Crippen LogP contribution in [-0.2, 0) is 13.0 Å². The fourth-order valence-electron chi connectivity index (χ4n) is 3.29. The maximum Gasteiger partial charge on any atom is 0.0239 e. The molecule has 0 saturated heterocycles. The molecule has 0 aliphatic heterocycles. The highest BCUT2D eigenvalue weighted by Gasteiger charge is 2.33. The Morgan fingerprint density at radius 3 is 2.38 bits per heavy atom. The van der Waals surface area contributed by atoms with Crippen molar-refractivity contribution in [3.8, 4) is 0 Å². The number of nitrogens with one attached hydrogen (secondary N) is 1. The van der Waals surface area contributed by atoms with Crippen molar-refractivity contribution >= 4 is 0 Å². The molecule has 2 heteroatoms. The van der Waals surface area contributed by atoms with Crippen LogP contribution < -0.4 is 5.32 Å². The fraction of sp³-hybridized carbons (Fsp3) is 0.684. The van der Waals surface area contributed by atoms with Gasteiger partial charge >= 0.3 is 0 Å². The van der Waals surface area contributed by atoms with Crippen molar-refractivity contribution in [3.05, 3.63) is 35.4 Å². The molecule has 2 nitrogen and oxygen atoms in total. The second-order valence-electron chi connectivity index (χ2n) is 7.35. The van der Waals surface area contributed by atoms with Crippen LogP contribution in [0.15, 0.2) is 24.3 Å². The van der Waals surface area contributed by atoms with Gasteiger partial charge in [-0.2, -0.15) is 0 Å². The molecule has 0 spiro atoms. The van der Waals surface area contributed by atoms with E-state index in [1.54, 1.807) is 11.1 Å². The summed E-state index contributed by atoms with van der Waals surface area (Å²) in [6.07, 6.45) is 9.76. The monoisotopic (exact) mass is 284 g/mol. The Bertz CT molecular complexity index is 472. The standard InChI is InChI=1S/C19H28N2/c1-2-4-17(16(3-1)11-12-20-18-7-8-18)14-21(19-9-10-19)13-15-5-6-15/h1-4,15,18-20H,5-14H2. The van der Waals surface area contributed by atoms with E-state index < -0.39 is 0 Å². The zero-order valence-corrected chi connectivity index (χ0v) is 13.1. The van der Waals surface area contributed by atoms with Crippen molar-refractivity contribution in [3.63, 3.8) is 0 Å². The Labute approximate surface area is 128 Å². The van der Waals surface area contributed by atoms with Gasteiger partial charge in [0.1, 0.15) is 0 Å². The zero-order chi connectivity index (χ0) is 14.1. The summed E-state index contributed by atoms with van der Waals surface area (Å²) in [5, 5.41) is 3.65. The van der Waals surface area contributed by atoms with Crippen LogP contribution in [0.1, 0.15) is 49.7 Å². The molecule has 1 aromatic rings. The van der Waals surface area contributed by atoms with Gasteiger partial charge in [0.05, 0.1) is 0 Å². The average Bonchev–Trinajstić information content (AvgIpc) is 3.36. The summed E-state index contributed by atoms with van der Waals surface area (Å²) in [5.41, 5.74) is 3.13. The van der Waals surface area contributed by atoms with Gasteiger partial charge in [-0.1, -0.05) is 24.3 Å². The lowest BCUT2D eigenvalue weighted by Gasteiger charge is -2.23. The van der Waals surface area contributed by atoms with Crippen molar-refractivity contribution < 1.29 is 0 Å². The van der Waals surface area contributed by atoms with Crippen LogP contribution >= 0.6 is 0 Å². The molecule has 3 aliphatic carbocycles. The molecule has 0 heterocycles. The molecule has 3 fully saturated rings. The minimum absolute atomic E-state index is 0.829. The second-order valence-corrected chi connectivity index (χ2v) is 7.35. The topological polar surface area (TPSA) is 15.3 Å². The Kier molecular flexibility index (Phi) is 4.00. The Hall–Kier alpha value is -0.860. The van der Waals surface area contributed by atoms with Gasteiger partial charge in [-0.25, -0.2) is 0 Å². The van der Waals surface area contributed by atoms with E-state index in [1.165, 1.54) is 58.0 Å². The molecule has 21 heavy (non-hydrogen) atoms. The largest absolute Gasteiger partial charge is 0.314 e. The zero-order valence-electron chi connectivity index (χ0n) is 13.1. The highest BCUT2D eigenvalue weighted by Crippen LogP contribution is 2.35. The first kappa shape index (κ1) is 13.8. The summed E-state index contributed by atoms with van der Waals surface area (Å²) in [6, 6.07) is 10.8. The lowest BCUT2D eigenvalue weighted by Crippen LogP contribution is -2.28. The smallest absolute Gasteiger partial charge is 0.0239 e. The lowest BCUT2D eigenvalue weighted by molar-refractivity contribution is 0.243. The van der Waals surface area contributed by atoms with Crippen molar-refractivity contribution in [1.29, 1.82) is 0 Å². The molecule has 0 unspecified atom stereocenters. The first-order valence-corrected chi connectivity index (χ1v) is 8.93. The molecule has 0 amide bonds. The quantitative estimate of drug-likeness (QED) is 0.748. The Balaban J connectivity index is 1.37. The highest BCUT2D eigenvalue weighted by atomic mass is 15.2. The number of nitrogens with zero attached hydrogens (tertiary/aromatic N) is 1. The minimum atomic E-state index is 0.829. The van der Waals surface area contributed by atoms with Gasteiger partial charge in [0.15, 0.2) is 0 Å². The maximum atomic E-state index is 3.65. The van der Waals surface area contributed by atoms with E-state index >= 15 is 0 Å². The van der Waals surface area contributed by atoms with Crippen molar-refractivity contribution in [2.75, 3.05) is 13.1 Å². The molecule has 114 valence electrons. The van der Waals surface area contributed by atoms with E-state index in [4.69, 9.17) is 0 Å². The van der Waals surface area contributed by atoms with Crippen LogP contribution in [0.5, 0.6) is 0 Å². The van der Waals surface area contributed by atoms with Gasteiger partial charge in [0.25, 0.3) is 0 Å². The normalized spacial score (nSPS) is 22.0. The van der Waals surface area contributed by atoms with Gasteiger partial charge in [-0.15, -0.1) is 0 Å². The summed E-state index contributed by atoms with van der Waals surface area (Å²) >= 11 is 0. The first-order chi connectivity index (χ1) is 10.4. The first-order valence-electron chi connectivity index (χ1n) is 8.93. The van der Waals surface area contributed by atoms with E-state index in [0.717, 1.165) is 24.5 Å². The molecule has 3 saturated carbocycles. The average molecular weight is 284 g/mol. The summed E-state index contributed by atoms with van der Waals surface area (Å²) < 4.78 is 0. The predicted octanol–water partition coefficient (Wildman–Crippen LogP) is 3.36. The summed E-state index contributed by atoms with van der Waals surface area (Å²) in [6.45, 7) is 3.67. The van der Waals surface area contributed by atoms with E-state index in [-0.39, 0.29) is 0 Å². The van der Waals surface area contributed by atoms with Gasteiger partial charge in [-0.05, 0) is 68.5 Å². The number of hydrogen-bond donors (Lipinski definition) is 1. The summed E-state index contributed by atoms with van der Waals surface area (Å²) in [7, 11) is 0. The number of benzene rings is 1. The van der Waals surface area contributed by atoms with Crippen LogP contribution in [0.3, 0.4) is 0 Å². The molecule has 4 rings (SSSR count). The molecular weight excluding hydrogens is 256 g/mol. The molecule has 0 radical (unpaired) electrons.